The highest BCUT2D eigenvalue weighted by Gasteiger charge is 2.41. The summed E-state index contributed by atoms with van der Waals surface area (Å²) >= 11 is 1.91. The maximum atomic E-state index is 8.89. The van der Waals surface area contributed by atoms with Crippen LogP contribution in [0.5, 0.6) is 0 Å². The molecular weight excluding hydrogens is 206 g/mol. The predicted octanol–water partition coefficient (Wildman–Crippen LogP) is 2.26. The average molecular weight is 219 g/mol. The van der Waals surface area contributed by atoms with Crippen molar-refractivity contribution >= 4 is 17.4 Å². The molecule has 0 unspecified atom stereocenters. The van der Waals surface area contributed by atoms with Gasteiger partial charge >= 0.3 is 0 Å². The van der Waals surface area contributed by atoms with Crippen LogP contribution in [0.3, 0.4) is 0 Å². The van der Waals surface area contributed by atoms with Crippen LogP contribution in [0.2, 0.25) is 0 Å². The second-order valence-electron chi connectivity index (χ2n) is 3.77. The first-order valence-electron chi connectivity index (χ1n) is 4.93. The molecular formula is C11H13N3S. The standard InChI is InChI=1S/C11H13N3S/c1-15-11(3-4-11)8-14-10-2-5-13-7-9(10)6-12/h2,5,7H,3-4,8H2,1H3,(H,13,14). The molecule has 0 aliphatic heterocycles. The highest BCUT2D eigenvalue weighted by atomic mass is 32.2. The molecule has 1 aliphatic rings. The van der Waals surface area contributed by atoms with E-state index in [0.29, 0.717) is 10.3 Å². The Balaban J connectivity index is 2.02. The maximum Gasteiger partial charge on any atom is 0.103 e. The summed E-state index contributed by atoms with van der Waals surface area (Å²) in [5.74, 6) is 0. The van der Waals surface area contributed by atoms with E-state index in [1.165, 1.54) is 12.8 Å². The third-order valence-corrected chi connectivity index (χ3v) is 4.20. The Morgan fingerprint density at radius 2 is 2.47 bits per heavy atom. The lowest BCUT2D eigenvalue weighted by Crippen LogP contribution is -2.17. The molecule has 78 valence electrons. The molecule has 1 saturated carbocycles. The van der Waals surface area contributed by atoms with Crippen molar-refractivity contribution in [2.24, 2.45) is 0 Å². The summed E-state index contributed by atoms with van der Waals surface area (Å²) in [5, 5.41) is 12.2. The van der Waals surface area contributed by atoms with Crippen molar-refractivity contribution in [1.82, 2.24) is 4.98 Å². The Morgan fingerprint density at radius 3 is 3.07 bits per heavy atom. The smallest absolute Gasteiger partial charge is 0.103 e. The van der Waals surface area contributed by atoms with Crippen molar-refractivity contribution in [1.29, 1.82) is 5.26 Å². The zero-order valence-corrected chi connectivity index (χ0v) is 9.47. The Labute approximate surface area is 93.9 Å². The molecule has 0 amide bonds. The number of nitrogens with zero attached hydrogens (tertiary/aromatic N) is 2. The molecule has 1 aromatic heterocycles. The Hall–Kier alpha value is -1.21. The van der Waals surface area contributed by atoms with Crippen LogP contribution in [0.15, 0.2) is 18.5 Å². The van der Waals surface area contributed by atoms with Crippen molar-refractivity contribution in [3.05, 3.63) is 24.0 Å². The number of pyridine rings is 1. The first-order chi connectivity index (χ1) is 7.29. The first kappa shape index (κ1) is 10.3. The van der Waals surface area contributed by atoms with Crippen LogP contribution < -0.4 is 5.32 Å². The lowest BCUT2D eigenvalue weighted by Gasteiger charge is -2.14. The molecule has 0 radical (unpaired) electrons. The summed E-state index contributed by atoms with van der Waals surface area (Å²) in [6.45, 7) is 0.937. The van der Waals surface area contributed by atoms with Crippen LogP contribution in [0, 0.1) is 11.3 Å². The number of thioether (sulfide) groups is 1. The zero-order valence-electron chi connectivity index (χ0n) is 8.66. The van der Waals surface area contributed by atoms with Crippen molar-refractivity contribution in [2.45, 2.75) is 17.6 Å². The molecule has 0 aromatic carbocycles. The molecule has 0 bridgehead atoms. The number of hydrogen-bond donors (Lipinski definition) is 1. The van der Waals surface area contributed by atoms with Gasteiger partial charge in [0.05, 0.1) is 11.3 Å². The third kappa shape index (κ3) is 2.24. The minimum absolute atomic E-state index is 0.413. The SMILES string of the molecule is CSC1(CNc2ccncc2C#N)CC1. The molecule has 0 atom stereocenters. The maximum absolute atomic E-state index is 8.89. The van der Waals surface area contributed by atoms with Gasteiger partial charge in [-0.05, 0) is 25.2 Å². The Morgan fingerprint density at radius 1 is 1.67 bits per heavy atom. The topological polar surface area (TPSA) is 48.7 Å². The second-order valence-corrected chi connectivity index (χ2v) is 5.05. The monoisotopic (exact) mass is 219 g/mol. The summed E-state index contributed by atoms with van der Waals surface area (Å²) in [6.07, 6.45) is 8.00. The molecule has 3 nitrogen and oxygen atoms in total. The van der Waals surface area contributed by atoms with Gasteiger partial charge in [0.25, 0.3) is 0 Å². The van der Waals surface area contributed by atoms with Crippen molar-refractivity contribution < 1.29 is 0 Å². The number of nitrogens with one attached hydrogen (secondary N) is 1. The Kier molecular flexibility index (Phi) is 2.83. The average Bonchev–Trinajstić information content (AvgIpc) is 3.07. The molecule has 1 N–H and O–H groups in total. The van der Waals surface area contributed by atoms with Gasteiger partial charge in [-0.2, -0.15) is 17.0 Å². The van der Waals surface area contributed by atoms with E-state index in [1.54, 1.807) is 12.4 Å². The van der Waals surface area contributed by atoms with Gasteiger partial charge in [0.1, 0.15) is 6.07 Å². The van der Waals surface area contributed by atoms with Crippen LogP contribution in [-0.4, -0.2) is 22.5 Å². The van der Waals surface area contributed by atoms with Crippen LogP contribution >= 0.6 is 11.8 Å². The fourth-order valence-corrected chi connectivity index (χ4v) is 2.21. The van der Waals surface area contributed by atoms with Crippen LogP contribution in [0.1, 0.15) is 18.4 Å². The van der Waals surface area contributed by atoms with Gasteiger partial charge in [-0.15, -0.1) is 0 Å². The van der Waals surface area contributed by atoms with E-state index in [9.17, 15) is 0 Å². The highest BCUT2D eigenvalue weighted by molar-refractivity contribution is 8.00. The molecule has 1 aromatic rings. The molecule has 4 heteroatoms. The predicted molar refractivity (Wildman–Crippen MR) is 62.9 cm³/mol. The van der Waals surface area contributed by atoms with E-state index in [4.69, 9.17) is 5.26 Å². The van der Waals surface area contributed by atoms with Crippen LogP contribution in [0.25, 0.3) is 0 Å². The van der Waals surface area contributed by atoms with E-state index in [2.05, 4.69) is 22.6 Å². The summed E-state index contributed by atoms with van der Waals surface area (Å²) in [6, 6.07) is 3.99. The van der Waals surface area contributed by atoms with E-state index in [0.717, 1.165) is 12.2 Å². The van der Waals surface area contributed by atoms with E-state index < -0.39 is 0 Å². The summed E-state index contributed by atoms with van der Waals surface area (Å²) in [5.41, 5.74) is 1.52. The second kappa shape index (κ2) is 4.11. The van der Waals surface area contributed by atoms with Crippen molar-refractivity contribution in [3.63, 3.8) is 0 Å². The molecule has 15 heavy (non-hydrogen) atoms. The lowest BCUT2D eigenvalue weighted by molar-refractivity contribution is 0.948. The van der Waals surface area contributed by atoms with Crippen LogP contribution in [0.4, 0.5) is 5.69 Å². The number of rotatable bonds is 4. The van der Waals surface area contributed by atoms with Gasteiger partial charge in [-0.25, -0.2) is 0 Å². The quantitative estimate of drug-likeness (QED) is 0.844. The largest absolute Gasteiger partial charge is 0.382 e. The summed E-state index contributed by atoms with van der Waals surface area (Å²) < 4.78 is 0.413. The summed E-state index contributed by atoms with van der Waals surface area (Å²) in [7, 11) is 0. The molecule has 1 aliphatic carbocycles. The number of anilines is 1. The summed E-state index contributed by atoms with van der Waals surface area (Å²) in [4.78, 5) is 3.93. The molecule has 2 rings (SSSR count). The zero-order chi connectivity index (χ0) is 10.7. The molecule has 1 fully saturated rings. The molecule has 1 heterocycles. The minimum atomic E-state index is 0.413. The van der Waals surface area contributed by atoms with E-state index >= 15 is 0 Å². The van der Waals surface area contributed by atoms with Crippen molar-refractivity contribution in [3.8, 4) is 6.07 Å². The van der Waals surface area contributed by atoms with Gasteiger partial charge in [0, 0.05) is 23.7 Å². The minimum Gasteiger partial charge on any atom is -0.382 e. The highest BCUT2D eigenvalue weighted by Crippen LogP contribution is 2.47. The molecule has 0 saturated heterocycles. The van der Waals surface area contributed by atoms with Crippen LogP contribution in [-0.2, 0) is 0 Å². The number of nitriles is 1. The Bertz CT molecular complexity index is 393. The van der Waals surface area contributed by atoms with E-state index in [1.807, 2.05) is 17.8 Å². The fourth-order valence-electron chi connectivity index (χ4n) is 1.49. The normalized spacial score (nSPS) is 16.8. The van der Waals surface area contributed by atoms with Crippen molar-refractivity contribution in [2.75, 3.05) is 18.1 Å². The van der Waals surface area contributed by atoms with Gasteiger partial charge in [0.2, 0.25) is 0 Å². The third-order valence-electron chi connectivity index (χ3n) is 2.78. The molecule has 0 spiro atoms. The fraction of sp³-hybridized carbons (Fsp3) is 0.455. The van der Waals surface area contributed by atoms with Gasteiger partial charge < -0.3 is 5.32 Å². The van der Waals surface area contributed by atoms with Gasteiger partial charge in [0.15, 0.2) is 0 Å². The van der Waals surface area contributed by atoms with E-state index in [-0.39, 0.29) is 0 Å². The number of aromatic nitrogens is 1. The lowest BCUT2D eigenvalue weighted by atomic mass is 10.2. The number of hydrogen-bond acceptors (Lipinski definition) is 4. The van der Waals surface area contributed by atoms with Gasteiger partial charge in [-0.1, -0.05) is 0 Å². The first-order valence-corrected chi connectivity index (χ1v) is 6.15. The van der Waals surface area contributed by atoms with Gasteiger partial charge in [-0.3, -0.25) is 4.98 Å².